The molecule has 0 aliphatic rings. The summed E-state index contributed by atoms with van der Waals surface area (Å²) in [5.41, 5.74) is 0.642. The number of hydrogen-bond acceptors (Lipinski definition) is 5. The van der Waals surface area contributed by atoms with E-state index in [0.29, 0.717) is 5.69 Å². The van der Waals surface area contributed by atoms with Crippen molar-refractivity contribution < 1.29 is 0 Å². The Morgan fingerprint density at radius 2 is 1.80 bits per heavy atom. The molecule has 0 atom stereocenters. The summed E-state index contributed by atoms with van der Waals surface area (Å²) >= 11 is 1.63. The normalized spacial score (nSPS) is 10.1. The van der Waals surface area contributed by atoms with Gasteiger partial charge in [0.15, 0.2) is 0 Å². The lowest BCUT2D eigenvalue weighted by Crippen LogP contribution is -1.92. The number of thioether (sulfide) groups is 1. The zero-order valence-corrected chi connectivity index (χ0v) is 8.90. The summed E-state index contributed by atoms with van der Waals surface area (Å²) in [4.78, 5) is 1.13. The molecule has 4 nitrogen and oxygen atoms in total. The predicted octanol–water partition coefficient (Wildman–Crippen LogP) is 2.91. The minimum absolute atomic E-state index is 0.642. The summed E-state index contributed by atoms with van der Waals surface area (Å²) < 4.78 is 0. The van der Waals surface area contributed by atoms with Crippen LogP contribution in [0.4, 0.5) is 5.69 Å². The molecule has 0 fully saturated rings. The van der Waals surface area contributed by atoms with Gasteiger partial charge in [0.25, 0.3) is 0 Å². The Labute approximate surface area is 92.2 Å². The van der Waals surface area contributed by atoms with Gasteiger partial charge in [-0.1, -0.05) is 0 Å². The van der Waals surface area contributed by atoms with E-state index in [-0.39, 0.29) is 0 Å². The molecule has 0 N–H and O–H groups in total. The Morgan fingerprint density at radius 3 is 2.27 bits per heavy atom. The van der Waals surface area contributed by atoms with Crippen molar-refractivity contribution in [2.45, 2.75) is 10.9 Å². The van der Waals surface area contributed by atoms with E-state index >= 15 is 0 Å². The van der Waals surface area contributed by atoms with Gasteiger partial charge in [-0.25, -0.2) is 0 Å². The number of benzene rings is 1. The van der Waals surface area contributed by atoms with Crippen LogP contribution in [0.3, 0.4) is 0 Å². The van der Waals surface area contributed by atoms with Crippen molar-refractivity contribution in [1.29, 1.82) is 10.5 Å². The number of nitriles is 2. The maximum atomic E-state index is 8.46. The van der Waals surface area contributed by atoms with Crippen molar-refractivity contribution >= 4 is 17.4 Å². The monoisotopic (exact) mass is 216 g/mol. The highest BCUT2D eigenvalue weighted by molar-refractivity contribution is 7.98. The third-order valence-corrected chi connectivity index (χ3v) is 2.35. The van der Waals surface area contributed by atoms with E-state index in [2.05, 4.69) is 10.2 Å². The van der Waals surface area contributed by atoms with E-state index in [1.165, 1.54) is 0 Å². The molecule has 0 bridgehead atoms. The molecular weight excluding hydrogens is 208 g/mol. The van der Waals surface area contributed by atoms with Gasteiger partial charge in [-0.05, 0) is 30.5 Å². The minimum atomic E-state index is -1.02. The Morgan fingerprint density at radius 1 is 1.20 bits per heavy atom. The zero-order valence-electron chi connectivity index (χ0n) is 8.08. The fourth-order valence-corrected chi connectivity index (χ4v) is 1.26. The smallest absolute Gasteiger partial charge is 0.195 e. The van der Waals surface area contributed by atoms with Gasteiger partial charge in [-0.15, -0.1) is 11.8 Å². The molecular formula is C10H8N4S. The molecule has 1 rings (SSSR count). The molecule has 0 aliphatic heterocycles. The number of nitrogens with zero attached hydrogens (tertiary/aromatic N) is 4. The fraction of sp³-hybridized carbons (Fsp3) is 0.200. The van der Waals surface area contributed by atoms with Gasteiger partial charge in [0, 0.05) is 4.90 Å². The lowest BCUT2D eigenvalue weighted by Gasteiger charge is -1.95. The van der Waals surface area contributed by atoms with Gasteiger partial charge in [-0.3, -0.25) is 0 Å². The fourth-order valence-electron chi connectivity index (χ4n) is 0.854. The highest BCUT2D eigenvalue weighted by Crippen LogP contribution is 2.19. The van der Waals surface area contributed by atoms with Crippen molar-refractivity contribution in [1.82, 2.24) is 0 Å². The highest BCUT2D eigenvalue weighted by Gasteiger charge is 2.00. The first-order valence-corrected chi connectivity index (χ1v) is 5.36. The lowest BCUT2D eigenvalue weighted by molar-refractivity contribution is 0.949. The zero-order chi connectivity index (χ0) is 11.1. The first-order chi connectivity index (χ1) is 7.30. The topological polar surface area (TPSA) is 72.3 Å². The molecule has 15 heavy (non-hydrogen) atoms. The second-order valence-corrected chi connectivity index (χ2v) is 3.45. The third-order valence-electron chi connectivity index (χ3n) is 1.61. The summed E-state index contributed by atoms with van der Waals surface area (Å²) in [7, 11) is 0. The Hall–Kier alpha value is -1.85. The molecule has 5 heteroatoms. The van der Waals surface area contributed by atoms with Crippen molar-refractivity contribution in [3.05, 3.63) is 24.3 Å². The summed E-state index contributed by atoms with van der Waals surface area (Å²) in [6.07, 6.45) is 1.98. The molecule has 1 aromatic rings. The van der Waals surface area contributed by atoms with Crippen LogP contribution in [0.15, 0.2) is 39.4 Å². The van der Waals surface area contributed by atoms with E-state index in [0.717, 1.165) is 4.90 Å². The maximum absolute atomic E-state index is 8.46. The highest BCUT2D eigenvalue weighted by atomic mass is 32.2. The first-order valence-electron chi connectivity index (χ1n) is 4.14. The molecule has 0 heterocycles. The molecule has 0 saturated heterocycles. The molecule has 74 valence electrons. The van der Waals surface area contributed by atoms with E-state index in [1.807, 2.05) is 18.4 Å². The summed E-state index contributed by atoms with van der Waals surface area (Å²) in [5, 5.41) is 24.3. The van der Waals surface area contributed by atoms with Crippen LogP contribution in [0.5, 0.6) is 0 Å². The van der Waals surface area contributed by atoms with Crippen LogP contribution in [0, 0.1) is 22.7 Å². The van der Waals surface area contributed by atoms with Gasteiger partial charge < -0.3 is 0 Å². The average Bonchev–Trinajstić information content (AvgIpc) is 2.31. The maximum Gasteiger partial charge on any atom is 0.242 e. The van der Waals surface area contributed by atoms with Gasteiger partial charge in [-0.2, -0.15) is 20.8 Å². The van der Waals surface area contributed by atoms with Crippen LogP contribution < -0.4 is 0 Å². The predicted molar refractivity (Wildman–Crippen MR) is 57.8 cm³/mol. The number of hydrogen-bond donors (Lipinski definition) is 0. The van der Waals surface area contributed by atoms with Gasteiger partial charge in [0.1, 0.15) is 12.1 Å². The molecule has 0 saturated carbocycles. The molecule has 0 aliphatic carbocycles. The SMILES string of the molecule is CSc1ccc(N=NC(C#N)C#N)cc1. The van der Waals surface area contributed by atoms with E-state index in [9.17, 15) is 0 Å². The third kappa shape index (κ3) is 3.41. The van der Waals surface area contributed by atoms with Crippen LogP contribution >= 0.6 is 11.8 Å². The average molecular weight is 216 g/mol. The van der Waals surface area contributed by atoms with Crippen LogP contribution in [0.1, 0.15) is 0 Å². The van der Waals surface area contributed by atoms with Crippen LogP contribution in [-0.4, -0.2) is 12.3 Å². The largest absolute Gasteiger partial charge is 0.242 e. The second kappa shape index (κ2) is 5.79. The van der Waals surface area contributed by atoms with Crippen molar-refractivity contribution in [3.63, 3.8) is 0 Å². The van der Waals surface area contributed by atoms with Crippen molar-refractivity contribution in [2.24, 2.45) is 10.2 Å². The van der Waals surface area contributed by atoms with E-state index in [1.54, 1.807) is 36.0 Å². The van der Waals surface area contributed by atoms with Crippen molar-refractivity contribution in [3.8, 4) is 12.1 Å². The lowest BCUT2D eigenvalue weighted by atomic mass is 10.3. The number of rotatable bonds is 3. The molecule has 0 amide bonds. The summed E-state index contributed by atoms with van der Waals surface area (Å²) in [5.74, 6) is 0. The quantitative estimate of drug-likeness (QED) is 0.576. The molecule has 0 radical (unpaired) electrons. The van der Waals surface area contributed by atoms with Crippen LogP contribution in [0.2, 0.25) is 0 Å². The summed E-state index contributed by atoms with van der Waals surface area (Å²) in [6, 6.07) is 9.82. The molecule has 0 aromatic heterocycles. The second-order valence-electron chi connectivity index (χ2n) is 2.57. The van der Waals surface area contributed by atoms with Gasteiger partial charge in [0.2, 0.25) is 6.04 Å². The van der Waals surface area contributed by atoms with Crippen molar-refractivity contribution in [2.75, 3.05) is 6.26 Å². The van der Waals surface area contributed by atoms with E-state index in [4.69, 9.17) is 10.5 Å². The summed E-state index contributed by atoms with van der Waals surface area (Å²) in [6.45, 7) is 0. The minimum Gasteiger partial charge on any atom is -0.195 e. The first kappa shape index (κ1) is 11.2. The molecule has 0 unspecified atom stereocenters. The standard InChI is InChI=1S/C10H8N4S/c1-15-10-4-2-8(3-5-10)13-14-9(6-11)7-12/h2-5,9H,1H3. The Kier molecular flexibility index (Phi) is 4.33. The molecule has 0 spiro atoms. The van der Waals surface area contributed by atoms with Gasteiger partial charge >= 0.3 is 0 Å². The Balaban J connectivity index is 2.74. The van der Waals surface area contributed by atoms with Gasteiger partial charge in [0.05, 0.1) is 5.69 Å². The molecule has 1 aromatic carbocycles. The van der Waals surface area contributed by atoms with Crippen LogP contribution in [0.25, 0.3) is 0 Å². The van der Waals surface area contributed by atoms with Crippen LogP contribution in [-0.2, 0) is 0 Å². The van der Waals surface area contributed by atoms with E-state index < -0.39 is 6.04 Å². The number of azo groups is 1. The Bertz CT molecular complexity index is 410.